The maximum Gasteiger partial charge on any atom is 0.309 e. The Morgan fingerprint density at radius 1 is 1.12 bits per heavy atom. The molecule has 9 heteroatoms. The molecule has 34 heavy (non-hydrogen) atoms. The number of furan rings is 1. The third-order valence-electron chi connectivity index (χ3n) is 6.98. The second kappa shape index (κ2) is 9.70. The van der Waals surface area contributed by atoms with Gasteiger partial charge in [-0.25, -0.2) is 8.42 Å². The van der Waals surface area contributed by atoms with Crippen molar-refractivity contribution in [2.75, 3.05) is 32.8 Å². The highest BCUT2D eigenvalue weighted by Crippen LogP contribution is 2.32. The van der Waals surface area contributed by atoms with E-state index in [-0.39, 0.29) is 28.5 Å². The third-order valence-corrected chi connectivity index (χ3v) is 8.80. The fourth-order valence-electron chi connectivity index (χ4n) is 5.24. The van der Waals surface area contributed by atoms with Gasteiger partial charge in [-0.1, -0.05) is 13.8 Å². The minimum Gasteiger partial charge on any atom is -0.466 e. The Labute approximate surface area is 201 Å². The lowest BCUT2D eigenvalue weighted by atomic mass is 9.94. The van der Waals surface area contributed by atoms with Gasteiger partial charge in [0.2, 0.25) is 10.0 Å². The normalized spacial score (nSPS) is 22.8. The molecule has 8 nitrogen and oxygen atoms in total. The number of hydrogen-bond acceptors (Lipinski definition) is 6. The Balaban J connectivity index is 1.55. The van der Waals surface area contributed by atoms with Crippen molar-refractivity contribution in [1.82, 2.24) is 9.21 Å². The zero-order valence-corrected chi connectivity index (χ0v) is 21.2. The number of rotatable bonds is 5. The first-order valence-electron chi connectivity index (χ1n) is 12.1. The number of hydrogen-bond donors (Lipinski definition) is 0. The van der Waals surface area contributed by atoms with Crippen molar-refractivity contribution >= 4 is 32.9 Å². The SMILES string of the molecule is CCOC(=O)C1CCN(C(=O)c2oc3ccc(S(=O)(=O)N4C[C@H](C)C[C@H](C)C4)cc3c2C)CC1. The Morgan fingerprint density at radius 3 is 2.38 bits per heavy atom. The van der Waals surface area contributed by atoms with E-state index in [1.165, 1.54) is 0 Å². The van der Waals surface area contributed by atoms with E-state index >= 15 is 0 Å². The number of likely N-dealkylation sites (tertiary alicyclic amines) is 1. The fourth-order valence-corrected chi connectivity index (χ4v) is 6.94. The Kier molecular flexibility index (Phi) is 7.05. The molecule has 186 valence electrons. The fraction of sp³-hybridized carbons (Fsp3) is 0.600. The van der Waals surface area contributed by atoms with Crippen molar-refractivity contribution < 1.29 is 27.2 Å². The van der Waals surface area contributed by atoms with E-state index in [2.05, 4.69) is 13.8 Å². The van der Waals surface area contributed by atoms with E-state index in [0.29, 0.717) is 74.0 Å². The molecule has 2 atom stereocenters. The second-order valence-corrected chi connectivity index (χ2v) is 11.7. The maximum absolute atomic E-state index is 13.3. The summed E-state index contributed by atoms with van der Waals surface area (Å²) in [7, 11) is -3.63. The predicted molar refractivity (Wildman–Crippen MR) is 128 cm³/mol. The van der Waals surface area contributed by atoms with Crippen LogP contribution in [0.4, 0.5) is 0 Å². The molecule has 0 saturated carbocycles. The molecule has 2 fully saturated rings. The van der Waals surface area contributed by atoms with Crippen molar-refractivity contribution in [3.8, 4) is 0 Å². The zero-order chi connectivity index (χ0) is 24.6. The molecule has 0 N–H and O–H groups in total. The largest absolute Gasteiger partial charge is 0.466 e. The van der Waals surface area contributed by atoms with Crippen LogP contribution >= 0.6 is 0 Å². The molecule has 0 radical (unpaired) electrons. The number of benzene rings is 1. The molecule has 0 bridgehead atoms. The summed E-state index contributed by atoms with van der Waals surface area (Å²) in [5.74, 6) is 0.221. The van der Waals surface area contributed by atoms with Crippen molar-refractivity contribution in [3.63, 3.8) is 0 Å². The van der Waals surface area contributed by atoms with Crippen LogP contribution in [0, 0.1) is 24.7 Å². The number of nitrogens with zero attached hydrogens (tertiary/aromatic N) is 2. The molecule has 4 rings (SSSR count). The standard InChI is InChI=1S/C25H34N2O6S/c1-5-32-25(29)19-8-10-26(11-9-19)24(28)23-18(4)21-13-20(6-7-22(21)33-23)34(30,31)27-14-16(2)12-17(3)15-27/h6-7,13,16-17,19H,5,8-12,14-15H2,1-4H3/t16-,17+. The summed E-state index contributed by atoms with van der Waals surface area (Å²) in [6, 6.07) is 4.82. The lowest BCUT2D eigenvalue weighted by molar-refractivity contribution is -0.149. The van der Waals surface area contributed by atoms with Gasteiger partial charge in [0.25, 0.3) is 5.91 Å². The van der Waals surface area contributed by atoms with E-state index in [9.17, 15) is 18.0 Å². The van der Waals surface area contributed by atoms with Crippen LogP contribution in [0.3, 0.4) is 0 Å². The number of piperidine rings is 2. The van der Waals surface area contributed by atoms with Gasteiger partial charge in [-0.3, -0.25) is 9.59 Å². The number of aryl methyl sites for hydroxylation is 1. The van der Waals surface area contributed by atoms with Crippen molar-refractivity contribution in [2.24, 2.45) is 17.8 Å². The number of ether oxygens (including phenoxy) is 1. The van der Waals surface area contributed by atoms with E-state index in [1.54, 1.807) is 41.3 Å². The highest BCUT2D eigenvalue weighted by Gasteiger charge is 2.33. The summed E-state index contributed by atoms with van der Waals surface area (Å²) in [6.07, 6.45) is 2.13. The molecule has 2 aliphatic rings. The van der Waals surface area contributed by atoms with Crippen molar-refractivity contribution in [2.45, 2.75) is 51.9 Å². The summed E-state index contributed by atoms with van der Waals surface area (Å²) in [6.45, 7) is 10.00. The highest BCUT2D eigenvalue weighted by atomic mass is 32.2. The average Bonchev–Trinajstić information content (AvgIpc) is 3.14. The number of carbonyl (C=O) groups is 2. The van der Waals surface area contributed by atoms with Gasteiger partial charge in [-0.2, -0.15) is 4.31 Å². The molecule has 3 heterocycles. The van der Waals surface area contributed by atoms with Gasteiger partial charge in [0.15, 0.2) is 5.76 Å². The zero-order valence-electron chi connectivity index (χ0n) is 20.4. The van der Waals surface area contributed by atoms with E-state index in [1.807, 2.05) is 0 Å². The van der Waals surface area contributed by atoms with Gasteiger partial charge in [-0.15, -0.1) is 0 Å². The molecule has 2 aromatic rings. The summed E-state index contributed by atoms with van der Waals surface area (Å²) in [4.78, 5) is 27.1. The summed E-state index contributed by atoms with van der Waals surface area (Å²) >= 11 is 0. The molecule has 1 amide bonds. The van der Waals surface area contributed by atoms with E-state index in [4.69, 9.17) is 9.15 Å². The topological polar surface area (TPSA) is 97.1 Å². The van der Waals surface area contributed by atoms with Crippen LogP contribution in [0.15, 0.2) is 27.5 Å². The summed E-state index contributed by atoms with van der Waals surface area (Å²) in [5.41, 5.74) is 1.12. The molecule has 2 saturated heterocycles. The van der Waals surface area contributed by atoms with Gasteiger partial charge < -0.3 is 14.1 Å². The van der Waals surface area contributed by atoms with Crippen LogP contribution < -0.4 is 0 Å². The first kappa shape index (κ1) is 24.7. The molecule has 1 aromatic heterocycles. The van der Waals surface area contributed by atoms with Crippen LogP contribution in [0.2, 0.25) is 0 Å². The highest BCUT2D eigenvalue weighted by molar-refractivity contribution is 7.89. The van der Waals surface area contributed by atoms with Crippen molar-refractivity contribution in [1.29, 1.82) is 0 Å². The Hall–Kier alpha value is -2.39. The van der Waals surface area contributed by atoms with Gasteiger partial charge >= 0.3 is 5.97 Å². The summed E-state index contributed by atoms with van der Waals surface area (Å²) < 4.78 is 39.2. The molecular weight excluding hydrogens is 456 g/mol. The Bertz CT molecular complexity index is 1170. The number of carbonyl (C=O) groups excluding carboxylic acids is 2. The lowest BCUT2D eigenvalue weighted by Gasteiger charge is -2.34. The summed E-state index contributed by atoms with van der Waals surface area (Å²) in [5, 5.41) is 0.629. The molecule has 0 aliphatic carbocycles. The lowest BCUT2D eigenvalue weighted by Crippen LogP contribution is -2.42. The molecule has 1 aromatic carbocycles. The quantitative estimate of drug-likeness (QED) is 0.591. The first-order valence-corrected chi connectivity index (χ1v) is 13.5. The number of amides is 1. The van der Waals surface area contributed by atoms with Crippen LogP contribution in [0.5, 0.6) is 0 Å². The molecule has 2 aliphatic heterocycles. The van der Waals surface area contributed by atoms with Gasteiger partial charge in [0.1, 0.15) is 5.58 Å². The van der Waals surface area contributed by atoms with Gasteiger partial charge in [-0.05, 0) is 63.1 Å². The van der Waals surface area contributed by atoms with Gasteiger partial charge in [0, 0.05) is 37.1 Å². The van der Waals surface area contributed by atoms with Gasteiger partial charge in [0.05, 0.1) is 17.4 Å². The number of fused-ring (bicyclic) bond motifs is 1. The average molecular weight is 491 g/mol. The minimum absolute atomic E-state index is 0.186. The molecule has 0 unspecified atom stereocenters. The maximum atomic E-state index is 13.3. The predicted octanol–water partition coefficient (Wildman–Crippen LogP) is 3.82. The number of esters is 1. The Morgan fingerprint density at radius 2 is 1.76 bits per heavy atom. The first-order chi connectivity index (χ1) is 16.1. The van der Waals surface area contributed by atoms with Crippen molar-refractivity contribution in [3.05, 3.63) is 29.5 Å². The monoisotopic (exact) mass is 490 g/mol. The van der Waals surface area contributed by atoms with Crippen LogP contribution in [-0.2, 0) is 19.6 Å². The third kappa shape index (κ3) is 4.73. The molecule has 0 spiro atoms. The molecular formula is C25H34N2O6S. The van der Waals surface area contributed by atoms with E-state index in [0.717, 1.165) is 6.42 Å². The minimum atomic E-state index is -3.63. The second-order valence-electron chi connectivity index (χ2n) is 9.80. The van der Waals surface area contributed by atoms with Crippen LogP contribution in [-0.4, -0.2) is 62.3 Å². The van der Waals surface area contributed by atoms with Crippen LogP contribution in [0.1, 0.15) is 56.2 Å². The smallest absolute Gasteiger partial charge is 0.309 e. The van der Waals surface area contributed by atoms with E-state index < -0.39 is 10.0 Å². The number of sulfonamides is 1. The van der Waals surface area contributed by atoms with Crippen LogP contribution in [0.25, 0.3) is 11.0 Å².